The molecule has 0 aliphatic rings. The van der Waals surface area contributed by atoms with Crippen molar-refractivity contribution in [1.82, 2.24) is 14.8 Å². The highest BCUT2D eigenvalue weighted by molar-refractivity contribution is 9.10. The summed E-state index contributed by atoms with van der Waals surface area (Å²) in [4.78, 5) is 14.7. The van der Waals surface area contributed by atoms with Crippen LogP contribution in [0.4, 0.5) is 11.5 Å². The molecule has 19 heavy (non-hydrogen) atoms. The second-order valence-corrected chi connectivity index (χ2v) is 4.63. The number of anilines is 1. The summed E-state index contributed by atoms with van der Waals surface area (Å²) < 4.78 is 2.20. The molecule has 9 heteroatoms. The van der Waals surface area contributed by atoms with Gasteiger partial charge in [-0.3, -0.25) is 10.1 Å². The molecule has 8 nitrogen and oxygen atoms in total. The Balaban J connectivity index is 2.71. The van der Waals surface area contributed by atoms with E-state index >= 15 is 0 Å². The molecular formula is C10H11BrN6O2. The molecule has 100 valence electrons. The first-order chi connectivity index (χ1) is 8.95. The number of pyridine rings is 1. The lowest BCUT2D eigenvalue weighted by Gasteiger charge is -2.06. The summed E-state index contributed by atoms with van der Waals surface area (Å²) in [7, 11) is 0. The molecule has 2 rings (SSSR count). The van der Waals surface area contributed by atoms with Crippen molar-refractivity contribution < 1.29 is 4.92 Å². The van der Waals surface area contributed by atoms with Crippen LogP contribution in [0.3, 0.4) is 0 Å². The number of hydrazine groups is 1. The molecule has 0 saturated carbocycles. The summed E-state index contributed by atoms with van der Waals surface area (Å²) in [5.41, 5.74) is 3.66. The summed E-state index contributed by atoms with van der Waals surface area (Å²) in [6.07, 6.45) is 0. The van der Waals surface area contributed by atoms with Crippen LogP contribution >= 0.6 is 15.9 Å². The van der Waals surface area contributed by atoms with Crippen molar-refractivity contribution in [2.75, 3.05) is 5.43 Å². The van der Waals surface area contributed by atoms with Gasteiger partial charge in [-0.05, 0) is 35.8 Å². The van der Waals surface area contributed by atoms with Gasteiger partial charge in [0.05, 0.1) is 20.8 Å². The molecule has 2 aromatic heterocycles. The Hall–Kier alpha value is -2.00. The molecule has 0 aromatic carbocycles. The third-order valence-electron chi connectivity index (χ3n) is 2.60. The third-order valence-corrected chi connectivity index (χ3v) is 3.75. The largest absolute Gasteiger partial charge is 0.313 e. The van der Waals surface area contributed by atoms with E-state index in [1.54, 1.807) is 13.8 Å². The van der Waals surface area contributed by atoms with Gasteiger partial charge >= 0.3 is 5.69 Å². The number of aromatic nitrogens is 3. The van der Waals surface area contributed by atoms with E-state index < -0.39 is 4.92 Å². The Morgan fingerprint density at radius 2 is 2.16 bits per heavy atom. The minimum Gasteiger partial charge on any atom is -0.308 e. The number of nitrogen functional groups attached to an aromatic ring is 1. The number of nitro groups is 1. The summed E-state index contributed by atoms with van der Waals surface area (Å²) in [5, 5.41) is 15.3. The molecule has 0 unspecified atom stereocenters. The maximum absolute atomic E-state index is 11.1. The standard InChI is InChI=1S/C10H11BrN6O2/c1-5-9(11)6(2)16(15-5)10-7(17(18)19)3-4-8(13-10)14-12/h3-4H,12H2,1-2H3,(H,13,14). The van der Waals surface area contributed by atoms with E-state index in [0.29, 0.717) is 5.82 Å². The lowest BCUT2D eigenvalue weighted by atomic mass is 10.3. The molecule has 0 aliphatic heterocycles. The Kier molecular flexibility index (Phi) is 3.49. The smallest absolute Gasteiger partial charge is 0.308 e. The van der Waals surface area contributed by atoms with Crippen LogP contribution in [-0.4, -0.2) is 19.7 Å². The van der Waals surface area contributed by atoms with Crippen LogP contribution in [0.15, 0.2) is 16.6 Å². The van der Waals surface area contributed by atoms with Crippen LogP contribution in [0.2, 0.25) is 0 Å². The van der Waals surface area contributed by atoms with Gasteiger partial charge in [0.15, 0.2) is 0 Å². The zero-order valence-electron chi connectivity index (χ0n) is 10.2. The Bertz CT molecular complexity index is 654. The van der Waals surface area contributed by atoms with Gasteiger partial charge in [-0.2, -0.15) is 5.10 Å². The van der Waals surface area contributed by atoms with Crippen LogP contribution in [-0.2, 0) is 0 Å². The summed E-state index contributed by atoms with van der Waals surface area (Å²) in [6, 6.07) is 2.77. The SMILES string of the molecule is Cc1nn(-c2nc(NN)ccc2[N+](=O)[O-])c(C)c1Br. The molecular weight excluding hydrogens is 316 g/mol. The van der Waals surface area contributed by atoms with E-state index in [9.17, 15) is 10.1 Å². The first-order valence-electron chi connectivity index (χ1n) is 5.30. The first-order valence-corrected chi connectivity index (χ1v) is 6.09. The highest BCUT2D eigenvalue weighted by atomic mass is 79.9. The van der Waals surface area contributed by atoms with E-state index in [-0.39, 0.29) is 11.5 Å². The Morgan fingerprint density at radius 3 is 2.63 bits per heavy atom. The van der Waals surface area contributed by atoms with Gasteiger partial charge in [0.2, 0.25) is 5.82 Å². The predicted octanol–water partition coefficient (Wildman–Crippen LogP) is 1.84. The van der Waals surface area contributed by atoms with Crippen molar-refractivity contribution in [2.24, 2.45) is 5.84 Å². The van der Waals surface area contributed by atoms with Crippen LogP contribution in [0.5, 0.6) is 0 Å². The van der Waals surface area contributed by atoms with Crippen LogP contribution in [0.1, 0.15) is 11.4 Å². The number of halogens is 1. The fourth-order valence-corrected chi connectivity index (χ4v) is 1.90. The number of nitrogens with zero attached hydrogens (tertiary/aromatic N) is 4. The van der Waals surface area contributed by atoms with Gasteiger partial charge < -0.3 is 5.43 Å². The first kappa shape index (κ1) is 13.4. The molecule has 0 radical (unpaired) electrons. The maximum atomic E-state index is 11.1. The van der Waals surface area contributed by atoms with Crippen LogP contribution in [0, 0.1) is 24.0 Å². The molecule has 0 atom stereocenters. The fourth-order valence-electron chi connectivity index (χ4n) is 1.65. The highest BCUT2D eigenvalue weighted by Crippen LogP contribution is 2.27. The van der Waals surface area contributed by atoms with Crippen molar-refractivity contribution in [2.45, 2.75) is 13.8 Å². The number of nitrogens with one attached hydrogen (secondary N) is 1. The zero-order chi connectivity index (χ0) is 14.2. The topological polar surface area (TPSA) is 112 Å². The lowest BCUT2D eigenvalue weighted by Crippen LogP contribution is -2.12. The lowest BCUT2D eigenvalue weighted by molar-refractivity contribution is -0.384. The predicted molar refractivity (Wildman–Crippen MR) is 73.0 cm³/mol. The van der Waals surface area contributed by atoms with Crippen molar-refractivity contribution in [1.29, 1.82) is 0 Å². The van der Waals surface area contributed by atoms with Crippen molar-refractivity contribution >= 4 is 27.4 Å². The van der Waals surface area contributed by atoms with Gasteiger partial charge in [0, 0.05) is 6.07 Å². The minimum atomic E-state index is -0.507. The fraction of sp³-hybridized carbons (Fsp3) is 0.200. The van der Waals surface area contributed by atoms with E-state index in [4.69, 9.17) is 5.84 Å². The average molecular weight is 327 g/mol. The van der Waals surface area contributed by atoms with Crippen molar-refractivity contribution in [3.05, 3.63) is 38.1 Å². The Morgan fingerprint density at radius 1 is 1.47 bits per heavy atom. The van der Waals surface area contributed by atoms with E-state index in [1.807, 2.05) is 0 Å². The Labute approximate surface area is 116 Å². The van der Waals surface area contributed by atoms with Crippen molar-refractivity contribution in [3.8, 4) is 5.82 Å². The minimum absolute atomic E-state index is 0.117. The van der Waals surface area contributed by atoms with Gasteiger partial charge in [-0.1, -0.05) is 0 Å². The molecule has 2 aromatic rings. The molecule has 0 saturated heterocycles. The quantitative estimate of drug-likeness (QED) is 0.505. The van der Waals surface area contributed by atoms with Crippen LogP contribution < -0.4 is 11.3 Å². The normalized spacial score (nSPS) is 10.5. The number of hydrogen-bond acceptors (Lipinski definition) is 6. The van der Waals surface area contributed by atoms with E-state index in [2.05, 4.69) is 31.4 Å². The number of hydrogen-bond donors (Lipinski definition) is 2. The molecule has 2 heterocycles. The number of nitrogens with two attached hydrogens (primary N) is 1. The highest BCUT2D eigenvalue weighted by Gasteiger charge is 2.21. The number of rotatable bonds is 3. The monoisotopic (exact) mass is 326 g/mol. The van der Waals surface area contributed by atoms with Gasteiger partial charge in [-0.15, -0.1) is 0 Å². The molecule has 3 N–H and O–H groups in total. The van der Waals surface area contributed by atoms with E-state index in [0.717, 1.165) is 15.9 Å². The van der Waals surface area contributed by atoms with Crippen LogP contribution in [0.25, 0.3) is 5.82 Å². The van der Waals surface area contributed by atoms with E-state index in [1.165, 1.54) is 16.8 Å². The average Bonchev–Trinajstić information content (AvgIpc) is 2.65. The van der Waals surface area contributed by atoms with Gasteiger partial charge in [0.1, 0.15) is 5.82 Å². The second kappa shape index (κ2) is 4.94. The summed E-state index contributed by atoms with van der Waals surface area (Å²) >= 11 is 3.37. The zero-order valence-corrected chi connectivity index (χ0v) is 11.8. The summed E-state index contributed by atoms with van der Waals surface area (Å²) in [6.45, 7) is 3.59. The molecule has 0 spiro atoms. The van der Waals surface area contributed by atoms with Gasteiger partial charge in [-0.25, -0.2) is 15.5 Å². The maximum Gasteiger partial charge on any atom is 0.313 e. The third kappa shape index (κ3) is 2.29. The molecule has 0 fully saturated rings. The number of aryl methyl sites for hydroxylation is 1. The molecule has 0 aliphatic carbocycles. The molecule has 0 amide bonds. The molecule has 0 bridgehead atoms. The van der Waals surface area contributed by atoms with Crippen molar-refractivity contribution in [3.63, 3.8) is 0 Å². The summed E-state index contributed by atoms with van der Waals surface area (Å²) in [5.74, 6) is 5.72. The second-order valence-electron chi connectivity index (χ2n) is 3.84. The van der Waals surface area contributed by atoms with Gasteiger partial charge in [0.25, 0.3) is 0 Å².